The molecule has 28 heavy (non-hydrogen) atoms. The first kappa shape index (κ1) is 20.5. The summed E-state index contributed by atoms with van der Waals surface area (Å²) >= 11 is 1.59. The van der Waals surface area contributed by atoms with Crippen LogP contribution in [-0.4, -0.2) is 36.7 Å². The van der Waals surface area contributed by atoms with E-state index in [1.54, 1.807) is 25.6 Å². The van der Waals surface area contributed by atoms with Gasteiger partial charge in [0.1, 0.15) is 16.5 Å². The summed E-state index contributed by atoms with van der Waals surface area (Å²) in [5.41, 5.74) is 2.06. The van der Waals surface area contributed by atoms with Crippen molar-refractivity contribution in [2.24, 2.45) is 0 Å². The molecule has 2 amide bonds. The smallest absolute Gasteiger partial charge is 0.318 e. The molecule has 1 unspecified atom stereocenters. The molecule has 1 atom stereocenters. The Morgan fingerprint density at radius 3 is 2.75 bits per heavy atom. The van der Waals surface area contributed by atoms with Gasteiger partial charge in [0.25, 0.3) is 0 Å². The van der Waals surface area contributed by atoms with Crippen molar-refractivity contribution in [1.29, 1.82) is 0 Å². The molecule has 2 heterocycles. The summed E-state index contributed by atoms with van der Waals surface area (Å²) in [6.45, 7) is 7.59. The van der Waals surface area contributed by atoms with Crippen molar-refractivity contribution < 1.29 is 14.3 Å². The number of carbonyl (C=O) groups excluding carboxylic acids is 1. The van der Waals surface area contributed by atoms with Crippen molar-refractivity contribution in [3.05, 3.63) is 39.8 Å². The molecule has 1 saturated heterocycles. The lowest BCUT2D eigenvalue weighted by Crippen LogP contribution is -2.39. The van der Waals surface area contributed by atoms with Gasteiger partial charge in [0.2, 0.25) is 0 Å². The van der Waals surface area contributed by atoms with Gasteiger partial charge < -0.3 is 19.7 Å². The van der Waals surface area contributed by atoms with Crippen molar-refractivity contribution >= 4 is 17.4 Å². The maximum atomic E-state index is 12.9. The molecule has 0 bridgehead atoms. The van der Waals surface area contributed by atoms with Crippen LogP contribution in [0.5, 0.6) is 11.5 Å². The van der Waals surface area contributed by atoms with Gasteiger partial charge in [-0.05, 0) is 31.0 Å². The number of aromatic nitrogens is 1. The molecule has 152 valence electrons. The Morgan fingerprint density at radius 2 is 2.11 bits per heavy atom. The number of nitrogens with zero attached hydrogens (tertiary/aromatic N) is 2. The van der Waals surface area contributed by atoms with Crippen molar-refractivity contribution in [2.75, 3.05) is 20.8 Å². The van der Waals surface area contributed by atoms with E-state index in [2.05, 4.69) is 36.5 Å². The number of carbonyl (C=O) groups is 1. The lowest BCUT2D eigenvalue weighted by Gasteiger charge is -2.26. The van der Waals surface area contributed by atoms with E-state index < -0.39 is 0 Å². The molecule has 1 aromatic heterocycles. The minimum atomic E-state index is -0.0696. The van der Waals surface area contributed by atoms with E-state index in [9.17, 15) is 4.79 Å². The van der Waals surface area contributed by atoms with Gasteiger partial charge >= 0.3 is 6.03 Å². The van der Waals surface area contributed by atoms with Gasteiger partial charge in [-0.1, -0.05) is 20.8 Å². The number of benzene rings is 1. The van der Waals surface area contributed by atoms with E-state index >= 15 is 0 Å². The molecule has 3 rings (SSSR count). The van der Waals surface area contributed by atoms with Gasteiger partial charge in [-0.25, -0.2) is 9.78 Å². The highest BCUT2D eigenvalue weighted by Crippen LogP contribution is 2.38. The fourth-order valence-corrected chi connectivity index (χ4v) is 4.38. The highest BCUT2D eigenvalue weighted by molar-refractivity contribution is 7.09. The second-order valence-corrected chi connectivity index (χ2v) is 8.94. The Morgan fingerprint density at radius 1 is 1.32 bits per heavy atom. The standard InChI is InChI=1S/C21H29N3O3S/c1-21(2,3)18-13-28-19(23-18)12-22-20(25)24-10-6-7-16(24)15-11-14(26-4)8-9-17(15)27-5/h8-9,11,13,16H,6-7,10,12H2,1-5H3,(H,22,25). The second-order valence-electron chi connectivity index (χ2n) is 7.99. The van der Waals surface area contributed by atoms with Crippen molar-refractivity contribution in [3.8, 4) is 11.5 Å². The van der Waals surface area contributed by atoms with Crippen molar-refractivity contribution in [2.45, 2.75) is 51.6 Å². The summed E-state index contributed by atoms with van der Waals surface area (Å²) in [7, 11) is 3.30. The number of rotatable bonds is 5. The molecule has 0 saturated carbocycles. The number of hydrogen-bond donors (Lipinski definition) is 1. The summed E-state index contributed by atoms with van der Waals surface area (Å²) in [6.07, 6.45) is 1.87. The van der Waals surface area contributed by atoms with Crippen LogP contribution >= 0.6 is 11.3 Å². The molecule has 1 N–H and O–H groups in total. The normalized spacial score (nSPS) is 16.9. The third-order valence-corrected chi connectivity index (χ3v) is 5.87. The molecular weight excluding hydrogens is 374 g/mol. The van der Waals surface area contributed by atoms with Gasteiger partial charge in [0, 0.05) is 22.9 Å². The van der Waals surface area contributed by atoms with Crippen LogP contribution in [0.2, 0.25) is 0 Å². The minimum absolute atomic E-state index is 0.0156. The van der Waals surface area contributed by atoms with Gasteiger partial charge in [-0.3, -0.25) is 0 Å². The number of thiazole rings is 1. The predicted molar refractivity (Wildman–Crippen MR) is 111 cm³/mol. The number of ether oxygens (including phenoxy) is 2. The SMILES string of the molecule is COc1ccc(OC)c(C2CCCN2C(=O)NCc2nc(C(C)(C)C)cs2)c1. The van der Waals surface area contributed by atoms with Crippen LogP contribution in [0.1, 0.15) is 55.9 Å². The quantitative estimate of drug-likeness (QED) is 0.798. The summed E-state index contributed by atoms with van der Waals surface area (Å²) in [6, 6.07) is 5.64. The largest absolute Gasteiger partial charge is 0.497 e. The molecule has 1 aliphatic heterocycles. The number of methoxy groups -OCH3 is 2. The van der Waals surface area contributed by atoms with Crippen LogP contribution in [0.15, 0.2) is 23.6 Å². The molecule has 1 fully saturated rings. The molecule has 0 aliphatic carbocycles. The van der Waals surface area contributed by atoms with Gasteiger partial charge in [0.05, 0.1) is 32.5 Å². The fourth-order valence-electron chi connectivity index (χ4n) is 3.42. The summed E-state index contributed by atoms with van der Waals surface area (Å²) < 4.78 is 10.9. The van der Waals surface area contributed by atoms with E-state index in [0.29, 0.717) is 6.54 Å². The van der Waals surface area contributed by atoms with E-state index in [1.807, 2.05) is 23.1 Å². The minimum Gasteiger partial charge on any atom is -0.497 e. The third kappa shape index (κ3) is 4.41. The summed E-state index contributed by atoms with van der Waals surface area (Å²) in [5, 5.41) is 6.03. The molecular formula is C21H29N3O3S. The highest BCUT2D eigenvalue weighted by Gasteiger charge is 2.32. The maximum Gasteiger partial charge on any atom is 0.318 e. The molecule has 7 heteroatoms. The van der Waals surface area contributed by atoms with E-state index in [-0.39, 0.29) is 17.5 Å². The highest BCUT2D eigenvalue weighted by atomic mass is 32.1. The molecule has 1 aliphatic rings. The number of likely N-dealkylation sites (tertiary alicyclic amines) is 1. The monoisotopic (exact) mass is 403 g/mol. The Labute approximate surface area is 170 Å². The first-order valence-corrected chi connectivity index (χ1v) is 10.4. The zero-order valence-electron chi connectivity index (χ0n) is 17.2. The van der Waals surface area contributed by atoms with Crippen molar-refractivity contribution in [3.63, 3.8) is 0 Å². The van der Waals surface area contributed by atoms with E-state index in [4.69, 9.17) is 9.47 Å². The maximum absolute atomic E-state index is 12.9. The number of hydrogen-bond acceptors (Lipinski definition) is 5. The average molecular weight is 404 g/mol. The second kappa shape index (κ2) is 8.39. The fraction of sp³-hybridized carbons (Fsp3) is 0.524. The van der Waals surface area contributed by atoms with E-state index in [0.717, 1.165) is 47.2 Å². The number of urea groups is 1. The van der Waals surface area contributed by atoms with Crippen LogP contribution in [0.3, 0.4) is 0 Å². The average Bonchev–Trinajstić information content (AvgIpc) is 3.34. The van der Waals surface area contributed by atoms with Gasteiger partial charge in [-0.15, -0.1) is 11.3 Å². The zero-order valence-corrected chi connectivity index (χ0v) is 18.1. The first-order chi connectivity index (χ1) is 13.3. The molecule has 0 radical (unpaired) electrons. The lowest BCUT2D eigenvalue weighted by atomic mass is 9.93. The van der Waals surface area contributed by atoms with Crippen LogP contribution in [0.4, 0.5) is 4.79 Å². The van der Waals surface area contributed by atoms with Gasteiger partial charge in [0.15, 0.2) is 0 Å². The summed E-state index contributed by atoms with van der Waals surface area (Å²) in [5.74, 6) is 1.54. The topological polar surface area (TPSA) is 63.7 Å². The Balaban J connectivity index is 1.71. The Kier molecular flexibility index (Phi) is 6.13. The van der Waals surface area contributed by atoms with Crippen molar-refractivity contribution in [1.82, 2.24) is 15.2 Å². The Bertz CT molecular complexity index is 829. The molecule has 1 aromatic carbocycles. The Hall–Kier alpha value is -2.28. The number of nitrogens with one attached hydrogen (secondary N) is 1. The van der Waals surface area contributed by atoms with E-state index in [1.165, 1.54) is 0 Å². The zero-order chi connectivity index (χ0) is 20.3. The van der Waals surface area contributed by atoms with Crippen LogP contribution in [-0.2, 0) is 12.0 Å². The first-order valence-electron chi connectivity index (χ1n) is 9.54. The molecule has 6 nitrogen and oxygen atoms in total. The number of amides is 2. The van der Waals surface area contributed by atoms with Gasteiger partial charge in [-0.2, -0.15) is 0 Å². The lowest BCUT2D eigenvalue weighted by molar-refractivity contribution is 0.191. The van der Waals surface area contributed by atoms with Crippen LogP contribution in [0, 0.1) is 0 Å². The summed E-state index contributed by atoms with van der Waals surface area (Å²) in [4.78, 5) is 19.4. The van der Waals surface area contributed by atoms with Crippen LogP contribution < -0.4 is 14.8 Å². The molecule has 2 aromatic rings. The van der Waals surface area contributed by atoms with Crippen LogP contribution in [0.25, 0.3) is 0 Å². The molecule has 0 spiro atoms. The third-order valence-electron chi connectivity index (χ3n) is 5.02. The predicted octanol–water partition coefficient (Wildman–Crippen LogP) is 4.50.